The summed E-state index contributed by atoms with van der Waals surface area (Å²) in [6.45, 7) is 3.19. The van der Waals surface area contributed by atoms with Crippen LogP contribution in [0.1, 0.15) is 18.4 Å². The van der Waals surface area contributed by atoms with Crippen molar-refractivity contribution in [2.75, 3.05) is 13.1 Å². The van der Waals surface area contributed by atoms with Gasteiger partial charge in [-0.15, -0.1) is 5.10 Å². The lowest BCUT2D eigenvalue weighted by atomic mass is 9.75. The highest BCUT2D eigenvalue weighted by atomic mass is 16.1. The minimum Gasteiger partial charge on any atom is -0.352 e. The first-order valence-electron chi connectivity index (χ1n) is 10.5. The Morgan fingerprint density at radius 1 is 1.17 bits per heavy atom. The number of carbonyl (C=O) groups is 1. The smallest absolute Gasteiger partial charge is 0.224 e. The fourth-order valence-corrected chi connectivity index (χ4v) is 4.68. The van der Waals surface area contributed by atoms with Gasteiger partial charge in [-0.05, 0) is 49.1 Å². The molecule has 3 aliphatic rings. The van der Waals surface area contributed by atoms with Crippen LogP contribution in [0, 0.1) is 11.8 Å². The molecule has 2 bridgehead atoms. The van der Waals surface area contributed by atoms with E-state index >= 15 is 0 Å². The Morgan fingerprint density at radius 2 is 2.13 bits per heavy atom. The van der Waals surface area contributed by atoms with Crippen molar-refractivity contribution in [3.8, 4) is 11.4 Å². The van der Waals surface area contributed by atoms with Crippen LogP contribution in [0.25, 0.3) is 11.4 Å². The molecule has 4 atom stereocenters. The Hall–Kier alpha value is -3.13. The van der Waals surface area contributed by atoms with Crippen LogP contribution in [0.5, 0.6) is 0 Å². The van der Waals surface area contributed by atoms with E-state index < -0.39 is 0 Å². The lowest BCUT2D eigenvalue weighted by Gasteiger charge is -2.49. The number of fused-ring (bicyclic) bond motifs is 3. The van der Waals surface area contributed by atoms with Gasteiger partial charge in [-0.1, -0.05) is 17.3 Å². The third-order valence-corrected chi connectivity index (χ3v) is 6.27. The number of rotatable bonds is 6. The summed E-state index contributed by atoms with van der Waals surface area (Å²) in [5.41, 5.74) is 2.65. The maximum absolute atomic E-state index is 12.8. The summed E-state index contributed by atoms with van der Waals surface area (Å²) < 4.78 is 1.91. The average molecular weight is 403 g/mol. The number of hydrogen-bond donors (Lipinski definition) is 1. The van der Waals surface area contributed by atoms with Crippen molar-refractivity contribution in [2.24, 2.45) is 11.8 Å². The lowest BCUT2D eigenvalue weighted by Crippen LogP contribution is -2.58. The fraction of sp³-hybridized carbons (Fsp3) is 0.409. The summed E-state index contributed by atoms with van der Waals surface area (Å²) in [5, 5.41) is 11.7. The molecule has 3 saturated heterocycles. The van der Waals surface area contributed by atoms with Crippen LogP contribution < -0.4 is 5.32 Å². The second-order valence-electron chi connectivity index (χ2n) is 8.16. The summed E-state index contributed by atoms with van der Waals surface area (Å²) in [6, 6.07) is 10.1. The van der Waals surface area contributed by atoms with Crippen molar-refractivity contribution in [1.29, 1.82) is 0 Å². The van der Waals surface area contributed by atoms with Crippen LogP contribution >= 0.6 is 0 Å². The zero-order chi connectivity index (χ0) is 20.3. The van der Waals surface area contributed by atoms with E-state index in [-0.39, 0.29) is 11.8 Å². The van der Waals surface area contributed by atoms with Crippen LogP contribution in [0.4, 0.5) is 0 Å². The van der Waals surface area contributed by atoms with Gasteiger partial charge in [0.15, 0.2) is 0 Å². The normalized spacial score (nSPS) is 25.2. The molecule has 3 fully saturated rings. The summed E-state index contributed by atoms with van der Waals surface area (Å²) in [4.78, 5) is 23.7. The number of carbonyl (C=O) groups excluding carboxylic acids is 1. The monoisotopic (exact) mass is 403 g/mol. The molecule has 8 nitrogen and oxygen atoms in total. The first kappa shape index (κ1) is 18.9. The van der Waals surface area contributed by atoms with Gasteiger partial charge >= 0.3 is 0 Å². The molecular formula is C22H25N7O. The molecule has 3 aromatic rings. The van der Waals surface area contributed by atoms with Crippen molar-refractivity contribution in [2.45, 2.75) is 32.0 Å². The van der Waals surface area contributed by atoms with E-state index in [0.717, 1.165) is 49.4 Å². The molecule has 0 aromatic carbocycles. The van der Waals surface area contributed by atoms with Crippen LogP contribution in [-0.4, -0.2) is 54.9 Å². The summed E-state index contributed by atoms with van der Waals surface area (Å²) in [5.74, 6) is 0.643. The molecule has 1 amide bonds. The van der Waals surface area contributed by atoms with Gasteiger partial charge < -0.3 is 5.32 Å². The van der Waals surface area contributed by atoms with E-state index in [1.165, 1.54) is 0 Å². The first-order valence-corrected chi connectivity index (χ1v) is 10.5. The zero-order valence-corrected chi connectivity index (χ0v) is 16.8. The number of nitrogens with one attached hydrogen (secondary N) is 1. The van der Waals surface area contributed by atoms with Crippen molar-refractivity contribution in [3.63, 3.8) is 0 Å². The first-order chi connectivity index (χ1) is 14.8. The second kappa shape index (κ2) is 8.31. The summed E-state index contributed by atoms with van der Waals surface area (Å²) in [6.07, 6.45) is 9.36. The minimum absolute atomic E-state index is 0.0616. The van der Waals surface area contributed by atoms with Gasteiger partial charge in [0, 0.05) is 37.7 Å². The molecule has 0 radical (unpaired) electrons. The van der Waals surface area contributed by atoms with Gasteiger partial charge in [-0.2, -0.15) is 0 Å². The number of amides is 1. The predicted octanol–water partition coefficient (Wildman–Crippen LogP) is 1.76. The van der Waals surface area contributed by atoms with Crippen molar-refractivity contribution >= 4 is 5.91 Å². The predicted molar refractivity (Wildman–Crippen MR) is 111 cm³/mol. The van der Waals surface area contributed by atoms with Crippen molar-refractivity contribution in [3.05, 3.63) is 60.7 Å². The molecule has 3 aromatic heterocycles. The van der Waals surface area contributed by atoms with Crippen LogP contribution in [0.2, 0.25) is 0 Å². The van der Waals surface area contributed by atoms with Gasteiger partial charge in [0.2, 0.25) is 5.91 Å². The van der Waals surface area contributed by atoms with Gasteiger partial charge in [0.1, 0.15) is 5.69 Å². The van der Waals surface area contributed by atoms with E-state index in [1.807, 2.05) is 41.2 Å². The minimum atomic E-state index is 0.0616. The van der Waals surface area contributed by atoms with E-state index in [1.54, 1.807) is 18.6 Å². The maximum atomic E-state index is 12.8. The molecule has 0 spiro atoms. The van der Waals surface area contributed by atoms with Crippen molar-refractivity contribution in [1.82, 2.24) is 35.2 Å². The Labute approximate surface area is 175 Å². The SMILES string of the molecule is O=C(NCc1cccnc1)C1CN2CCC1CC2Cn1cc(-c2ccccn2)nn1. The van der Waals surface area contributed by atoms with Crippen molar-refractivity contribution < 1.29 is 4.79 Å². The molecule has 1 N–H and O–H groups in total. The number of hydrogen-bond acceptors (Lipinski definition) is 6. The van der Waals surface area contributed by atoms with Crippen LogP contribution in [-0.2, 0) is 17.9 Å². The number of nitrogens with zero attached hydrogens (tertiary/aromatic N) is 6. The second-order valence-corrected chi connectivity index (χ2v) is 8.16. The van der Waals surface area contributed by atoms with Crippen LogP contribution in [0.3, 0.4) is 0 Å². The van der Waals surface area contributed by atoms with Gasteiger partial charge in [-0.3, -0.25) is 24.3 Å². The van der Waals surface area contributed by atoms with E-state index in [2.05, 4.69) is 30.5 Å². The number of aromatic nitrogens is 5. The highest BCUT2D eigenvalue weighted by molar-refractivity contribution is 5.79. The van der Waals surface area contributed by atoms with Crippen LogP contribution in [0.15, 0.2) is 55.1 Å². The number of pyridine rings is 2. The molecule has 154 valence electrons. The molecular weight excluding hydrogens is 378 g/mol. The average Bonchev–Trinajstić information content (AvgIpc) is 3.28. The molecule has 6 rings (SSSR count). The van der Waals surface area contributed by atoms with Gasteiger partial charge in [0.25, 0.3) is 0 Å². The topological polar surface area (TPSA) is 88.8 Å². The Morgan fingerprint density at radius 3 is 2.90 bits per heavy atom. The molecule has 4 unspecified atom stereocenters. The fourth-order valence-electron chi connectivity index (χ4n) is 4.68. The maximum Gasteiger partial charge on any atom is 0.224 e. The van der Waals surface area contributed by atoms with Gasteiger partial charge in [0.05, 0.1) is 24.4 Å². The Balaban J connectivity index is 1.19. The molecule has 0 saturated carbocycles. The molecule has 0 aliphatic carbocycles. The third-order valence-electron chi connectivity index (χ3n) is 6.27. The summed E-state index contributed by atoms with van der Waals surface area (Å²) >= 11 is 0. The quantitative estimate of drug-likeness (QED) is 0.675. The van der Waals surface area contributed by atoms with E-state index in [4.69, 9.17) is 0 Å². The highest BCUT2D eigenvalue weighted by Crippen LogP contribution is 2.37. The Kier molecular flexibility index (Phi) is 5.23. The number of piperidine rings is 3. The van der Waals surface area contributed by atoms with E-state index in [9.17, 15) is 4.79 Å². The Bertz CT molecular complexity index is 991. The highest BCUT2D eigenvalue weighted by Gasteiger charge is 2.43. The zero-order valence-electron chi connectivity index (χ0n) is 16.8. The standard InChI is InChI=1S/C22H25N7O/c30-22(25-12-16-4-3-7-23-11-16)19-14-28-9-6-17(19)10-18(28)13-29-15-21(26-27-29)20-5-1-2-8-24-20/h1-5,7-8,11,15,17-19H,6,9-10,12-14H2,(H,25,30). The lowest BCUT2D eigenvalue weighted by molar-refractivity contribution is -0.133. The molecule has 30 heavy (non-hydrogen) atoms. The van der Waals surface area contributed by atoms with E-state index in [0.29, 0.717) is 18.5 Å². The largest absolute Gasteiger partial charge is 0.352 e. The molecule has 3 aliphatic heterocycles. The molecule has 6 heterocycles. The third kappa shape index (κ3) is 3.95. The van der Waals surface area contributed by atoms with Gasteiger partial charge in [-0.25, -0.2) is 0 Å². The molecule has 8 heteroatoms. The summed E-state index contributed by atoms with van der Waals surface area (Å²) in [7, 11) is 0.